The van der Waals surface area contributed by atoms with Gasteiger partial charge in [0.25, 0.3) is 0 Å². The van der Waals surface area contributed by atoms with Gasteiger partial charge in [0.05, 0.1) is 24.1 Å². The van der Waals surface area contributed by atoms with Crippen molar-refractivity contribution in [3.05, 3.63) is 58.7 Å². The van der Waals surface area contributed by atoms with E-state index in [0.29, 0.717) is 12.4 Å². The van der Waals surface area contributed by atoms with Crippen LogP contribution in [0.5, 0.6) is 0 Å². The summed E-state index contributed by atoms with van der Waals surface area (Å²) < 4.78 is 9.46. The average molecular weight is 413 g/mol. The van der Waals surface area contributed by atoms with E-state index in [1.165, 1.54) is 11.8 Å². The summed E-state index contributed by atoms with van der Waals surface area (Å²) >= 11 is 1.42. The summed E-state index contributed by atoms with van der Waals surface area (Å²) in [5.41, 5.74) is 4.99. The molecule has 1 unspecified atom stereocenters. The third kappa shape index (κ3) is 4.31. The minimum absolute atomic E-state index is 0.0935. The second kappa shape index (κ2) is 8.97. The fraction of sp³-hybridized carbons (Fsp3) is 0.409. The van der Waals surface area contributed by atoms with E-state index >= 15 is 0 Å². The summed E-state index contributed by atoms with van der Waals surface area (Å²) in [5, 5.41) is 9.25. The third-order valence-electron chi connectivity index (χ3n) is 5.12. The number of Topliss-reactive ketones (excluding diaryl/α,β-unsaturated/α-hetero) is 1. The van der Waals surface area contributed by atoms with Gasteiger partial charge in [0.15, 0.2) is 10.9 Å². The molecule has 0 fully saturated rings. The molecule has 0 bridgehead atoms. The van der Waals surface area contributed by atoms with Crippen LogP contribution >= 0.6 is 11.8 Å². The van der Waals surface area contributed by atoms with Crippen molar-refractivity contribution in [1.29, 1.82) is 0 Å². The summed E-state index contributed by atoms with van der Waals surface area (Å²) in [4.78, 5) is 13.0. The highest BCUT2D eigenvalue weighted by Crippen LogP contribution is 2.26. The minimum atomic E-state index is 0.0935. The van der Waals surface area contributed by atoms with Crippen molar-refractivity contribution < 1.29 is 9.53 Å². The summed E-state index contributed by atoms with van der Waals surface area (Å²) in [5.74, 6) is 1.21. The summed E-state index contributed by atoms with van der Waals surface area (Å²) in [6.07, 6.45) is 0. The highest BCUT2D eigenvalue weighted by molar-refractivity contribution is 7.99. The lowest BCUT2D eigenvalue weighted by molar-refractivity contribution is 0.102. The van der Waals surface area contributed by atoms with Gasteiger partial charge in [0.2, 0.25) is 0 Å². The van der Waals surface area contributed by atoms with E-state index in [-0.39, 0.29) is 11.8 Å². The van der Waals surface area contributed by atoms with Crippen LogP contribution in [-0.2, 0) is 4.74 Å². The molecule has 29 heavy (non-hydrogen) atoms. The van der Waals surface area contributed by atoms with Crippen LogP contribution in [0, 0.1) is 27.7 Å². The molecule has 0 spiro atoms. The van der Waals surface area contributed by atoms with Gasteiger partial charge in [0, 0.05) is 24.1 Å². The van der Waals surface area contributed by atoms with E-state index in [1.54, 1.807) is 7.11 Å². The van der Waals surface area contributed by atoms with Crippen LogP contribution in [0.3, 0.4) is 0 Å². The van der Waals surface area contributed by atoms with E-state index in [9.17, 15) is 4.79 Å². The monoisotopic (exact) mass is 412 g/mol. The van der Waals surface area contributed by atoms with Gasteiger partial charge in [0.1, 0.15) is 5.82 Å². The van der Waals surface area contributed by atoms with Crippen LogP contribution in [0.2, 0.25) is 0 Å². The normalized spacial score (nSPS) is 12.3. The first-order valence-electron chi connectivity index (χ1n) is 9.66. The van der Waals surface area contributed by atoms with Crippen LogP contribution in [0.1, 0.15) is 46.1 Å². The number of rotatable bonds is 8. The second-order valence-electron chi connectivity index (χ2n) is 7.32. The number of nitrogens with zero attached hydrogens (tertiary/aromatic N) is 4. The molecule has 7 heteroatoms. The van der Waals surface area contributed by atoms with Gasteiger partial charge in [-0.1, -0.05) is 30.0 Å². The smallest absolute Gasteiger partial charge is 0.196 e. The molecule has 0 aliphatic carbocycles. The standard InChI is InChI=1S/C22H28N4O2S/c1-14-9-7-8-10-20(14)26-18(5)23-24-22(26)29-13-21(27)19-11-15(2)25(17(19)4)16(3)12-28-6/h7-11,16H,12-13H2,1-6H3. The second-order valence-corrected chi connectivity index (χ2v) is 8.27. The first-order valence-corrected chi connectivity index (χ1v) is 10.6. The molecule has 1 aromatic carbocycles. The number of ether oxygens (including phenoxy) is 1. The molecule has 0 amide bonds. The first-order chi connectivity index (χ1) is 13.8. The number of ketones is 1. The first kappa shape index (κ1) is 21.3. The molecule has 154 valence electrons. The quantitative estimate of drug-likeness (QED) is 0.403. The van der Waals surface area contributed by atoms with Crippen molar-refractivity contribution in [3.63, 3.8) is 0 Å². The molecule has 3 rings (SSSR count). The highest BCUT2D eigenvalue weighted by Gasteiger charge is 2.20. The number of thioether (sulfide) groups is 1. The summed E-state index contributed by atoms with van der Waals surface area (Å²) in [6.45, 7) is 10.7. The molecular weight excluding hydrogens is 384 g/mol. The number of carbonyl (C=O) groups is 1. The molecule has 2 heterocycles. The van der Waals surface area contributed by atoms with Crippen molar-refractivity contribution in [2.45, 2.75) is 45.8 Å². The number of aryl methyl sites for hydroxylation is 3. The van der Waals surface area contributed by atoms with Crippen LogP contribution in [0.25, 0.3) is 5.69 Å². The molecule has 0 saturated heterocycles. The zero-order chi connectivity index (χ0) is 21.1. The van der Waals surface area contributed by atoms with Gasteiger partial charge < -0.3 is 9.30 Å². The highest BCUT2D eigenvalue weighted by atomic mass is 32.2. The molecule has 1 atom stereocenters. The predicted molar refractivity (Wildman–Crippen MR) is 116 cm³/mol. The topological polar surface area (TPSA) is 61.9 Å². The predicted octanol–water partition coefficient (Wildman–Crippen LogP) is 4.48. The van der Waals surface area contributed by atoms with Crippen molar-refractivity contribution in [3.8, 4) is 5.69 Å². The molecule has 2 aromatic heterocycles. The lowest BCUT2D eigenvalue weighted by Gasteiger charge is -2.17. The fourth-order valence-corrected chi connectivity index (χ4v) is 4.66. The van der Waals surface area contributed by atoms with Crippen LogP contribution in [-0.4, -0.2) is 44.6 Å². The van der Waals surface area contributed by atoms with E-state index in [0.717, 1.165) is 39.2 Å². The zero-order valence-electron chi connectivity index (χ0n) is 17.9. The van der Waals surface area contributed by atoms with E-state index in [1.807, 2.05) is 49.6 Å². The third-order valence-corrected chi connectivity index (χ3v) is 6.05. The Balaban J connectivity index is 1.81. The van der Waals surface area contributed by atoms with Crippen molar-refractivity contribution in [2.24, 2.45) is 0 Å². The maximum atomic E-state index is 13.0. The van der Waals surface area contributed by atoms with Crippen molar-refractivity contribution in [1.82, 2.24) is 19.3 Å². The Bertz CT molecular complexity index is 1020. The Labute approximate surface area is 176 Å². The lowest BCUT2D eigenvalue weighted by Crippen LogP contribution is -2.15. The Morgan fingerprint density at radius 2 is 1.90 bits per heavy atom. The van der Waals surface area contributed by atoms with Crippen molar-refractivity contribution >= 4 is 17.5 Å². The van der Waals surface area contributed by atoms with Crippen molar-refractivity contribution in [2.75, 3.05) is 19.5 Å². The lowest BCUT2D eigenvalue weighted by atomic mass is 10.2. The van der Waals surface area contributed by atoms with Crippen LogP contribution in [0.4, 0.5) is 0 Å². The molecule has 0 N–H and O–H groups in total. The fourth-order valence-electron chi connectivity index (χ4n) is 3.79. The Morgan fingerprint density at radius 1 is 1.17 bits per heavy atom. The number of hydrogen-bond donors (Lipinski definition) is 0. The molecule has 3 aromatic rings. The number of para-hydroxylation sites is 1. The Morgan fingerprint density at radius 3 is 2.59 bits per heavy atom. The average Bonchev–Trinajstić information content (AvgIpc) is 3.19. The van der Waals surface area contributed by atoms with E-state index in [2.05, 4.69) is 34.7 Å². The van der Waals surface area contributed by atoms with Gasteiger partial charge in [-0.3, -0.25) is 9.36 Å². The number of hydrogen-bond acceptors (Lipinski definition) is 5. The van der Waals surface area contributed by atoms with Gasteiger partial charge in [-0.05, 0) is 52.3 Å². The van der Waals surface area contributed by atoms with E-state index < -0.39 is 0 Å². The summed E-state index contributed by atoms with van der Waals surface area (Å²) in [7, 11) is 1.69. The molecular formula is C22H28N4O2S. The number of benzene rings is 1. The summed E-state index contributed by atoms with van der Waals surface area (Å²) in [6, 6.07) is 10.3. The molecule has 0 saturated carbocycles. The maximum Gasteiger partial charge on any atom is 0.196 e. The van der Waals surface area contributed by atoms with Gasteiger partial charge in [-0.25, -0.2) is 0 Å². The number of methoxy groups -OCH3 is 1. The number of aromatic nitrogens is 4. The van der Waals surface area contributed by atoms with Crippen LogP contribution < -0.4 is 0 Å². The minimum Gasteiger partial charge on any atom is -0.383 e. The Kier molecular flexibility index (Phi) is 6.59. The maximum absolute atomic E-state index is 13.0. The van der Waals surface area contributed by atoms with Gasteiger partial charge in [-0.2, -0.15) is 0 Å². The molecule has 0 aliphatic heterocycles. The van der Waals surface area contributed by atoms with Gasteiger partial charge in [-0.15, -0.1) is 10.2 Å². The van der Waals surface area contributed by atoms with Crippen LogP contribution in [0.15, 0.2) is 35.5 Å². The number of carbonyl (C=O) groups excluding carboxylic acids is 1. The zero-order valence-corrected chi connectivity index (χ0v) is 18.7. The molecule has 0 radical (unpaired) electrons. The largest absolute Gasteiger partial charge is 0.383 e. The molecule has 0 aliphatic rings. The molecule has 6 nitrogen and oxygen atoms in total. The SMILES string of the molecule is COCC(C)n1c(C)cc(C(=O)CSc2nnc(C)n2-c2ccccc2C)c1C. The van der Waals surface area contributed by atoms with E-state index in [4.69, 9.17) is 4.74 Å². The Hall–Kier alpha value is -2.38. The van der Waals surface area contributed by atoms with Gasteiger partial charge >= 0.3 is 0 Å².